The van der Waals surface area contributed by atoms with E-state index < -0.39 is 0 Å². The summed E-state index contributed by atoms with van der Waals surface area (Å²) in [6.07, 6.45) is 1.78. The molecule has 0 bridgehead atoms. The summed E-state index contributed by atoms with van der Waals surface area (Å²) in [4.78, 5) is 25.9. The van der Waals surface area contributed by atoms with Gasteiger partial charge in [-0.2, -0.15) is 0 Å². The first-order chi connectivity index (χ1) is 12.5. The van der Waals surface area contributed by atoms with Crippen LogP contribution < -0.4 is 16.0 Å². The second kappa shape index (κ2) is 8.15. The molecule has 1 heterocycles. The molecule has 2 aromatic rings. The van der Waals surface area contributed by atoms with Crippen LogP contribution in [0.3, 0.4) is 0 Å². The summed E-state index contributed by atoms with van der Waals surface area (Å²) in [6.45, 7) is 2.73. The van der Waals surface area contributed by atoms with E-state index in [1.165, 1.54) is 0 Å². The van der Waals surface area contributed by atoms with Gasteiger partial charge < -0.3 is 16.0 Å². The number of carbonyl (C=O) groups is 2. The van der Waals surface area contributed by atoms with Crippen LogP contribution >= 0.6 is 0 Å². The maximum Gasteiger partial charge on any atom is 0.227 e. The van der Waals surface area contributed by atoms with Crippen LogP contribution in [0.4, 0.5) is 5.69 Å². The lowest BCUT2D eigenvalue weighted by Gasteiger charge is -2.19. The molecule has 136 valence electrons. The molecule has 2 unspecified atom stereocenters. The molecule has 1 aliphatic rings. The predicted octanol–water partition coefficient (Wildman–Crippen LogP) is 3.08. The van der Waals surface area contributed by atoms with E-state index in [-0.39, 0.29) is 30.3 Å². The van der Waals surface area contributed by atoms with Crippen molar-refractivity contribution in [2.75, 3.05) is 11.4 Å². The number of carbonyl (C=O) groups excluding carboxylic acids is 2. The van der Waals surface area contributed by atoms with E-state index in [4.69, 9.17) is 5.73 Å². The summed E-state index contributed by atoms with van der Waals surface area (Å²) in [5.41, 5.74) is 8.99. The quantitative estimate of drug-likeness (QED) is 0.840. The van der Waals surface area contributed by atoms with Crippen molar-refractivity contribution in [1.82, 2.24) is 5.32 Å². The van der Waals surface area contributed by atoms with E-state index in [2.05, 4.69) is 5.32 Å². The highest BCUT2D eigenvalue weighted by molar-refractivity contribution is 5.95. The zero-order chi connectivity index (χ0) is 18.5. The molecule has 2 atom stereocenters. The van der Waals surface area contributed by atoms with Gasteiger partial charge in [0.25, 0.3) is 0 Å². The Morgan fingerprint density at radius 2 is 1.81 bits per heavy atom. The van der Waals surface area contributed by atoms with Gasteiger partial charge in [-0.1, -0.05) is 42.5 Å². The molecule has 0 aromatic heterocycles. The molecule has 1 fully saturated rings. The Bertz CT molecular complexity index is 759. The molecule has 5 heteroatoms. The van der Waals surface area contributed by atoms with Crippen LogP contribution in [-0.4, -0.2) is 18.4 Å². The molecule has 5 nitrogen and oxygen atoms in total. The smallest absolute Gasteiger partial charge is 0.227 e. The lowest BCUT2D eigenvalue weighted by Crippen LogP contribution is -2.30. The summed E-state index contributed by atoms with van der Waals surface area (Å²) in [6, 6.07) is 17.0. The monoisotopic (exact) mass is 351 g/mol. The van der Waals surface area contributed by atoms with Gasteiger partial charge in [-0.25, -0.2) is 0 Å². The molecule has 2 aromatic carbocycles. The summed E-state index contributed by atoms with van der Waals surface area (Å²) in [7, 11) is 0. The number of hydrogen-bond donors (Lipinski definition) is 2. The van der Waals surface area contributed by atoms with Crippen LogP contribution in [0, 0.1) is 0 Å². The van der Waals surface area contributed by atoms with Crippen molar-refractivity contribution in [1.29, 1.82) is 0 Å². The van der Waals surface area contributed by atoms with Crippen molar-refractivity contribution in [2.24, 2.45) is 5.73 Å². The Balaban J connectivity index is 1.56. The summed E-state index contributed by atoms with van der Waals surface area (Å²) < 4.78 is 0. The van der Waals surface area contributed by atoms with Gasteiger partial charge in [-0.15, -0.1) is 0 Å². The minimum absolute atomic E-state index is 0.0762. The maximum atomic E-state index is 12.3. The van der Waals surface area contributed by atoms with Gasteiger partial charge in [-0.3, -0.25) is 9.59 Å². The van der Waals surface area contributed by atoms with E-state index in [1.54, 1.807) is 0 Å². The molecule has 1 aliphatic heterocycles. The highest BCUT2D eigenvalue weighted by Gasteiger charge is 2.21. The third-order valence-electron chi connectivity index (χ3n) is 4.79. The Labute approximate surface area is 154 Å². The molecule has 0 aliphatic carbocycles. The first-order valence-corrected chi connectivity index (χ1v) is 9.05. The average molecular weight is 351 g/mol. The van der Waals surface area contributed by atoms with Crippen molar-refractivity contribution >= 4 is 17.5 Å². The van der Waals surface area contributed by atoms with Gasteiger partial charge in [0.1, 0.15) is 0 Å². The fraction of sp³-hybridized carbons (Fsp3) is 0.333. The Kier molecular flexibility index (Phi) is 5.68. The van der Waals surface area contributed by atoms with E-state index in [0.29, 0.717) is 6.42 Å². The molecule has 1 saturated heterocycles. The summed E-state index contributed by atoms with van der Waals surface area (Å²) in [5.74, 6) is 0.0988. The van der Waals surface area contributed by atoms with Gasteiger partial charge >= 0.3 is 0 Å². The lowest BCUT2D eigenvalue weighted by atomic mass is 10.0. The van der Waals surface area contributed by atoms with Gasteiger partial charge in [0, 0.05) is 31.1 Å². The van der Waals surface area contributed by atoms with Gasteiger partial charge in [0.05, 0.1) is 6.04 Å². The van der Waals surface area contributed by atoms with Crippen LogP contribution in [-0.2, 0) is 9.59 Å². The normalized spacial score (nSPS) is 16.4. The van der Waals surface area contributed by atoms with E-state index >= 15 is 0 Å². The molecule has 26 heavy (non-hydrogen) atoms. The number of rotatable bonds is 6. The highest BCUT2D eigenvalue weighted by atomic mass is 16.2. The molecule has 0 radical (unpaired) electrons. The fourth-order valence-electron chi connectivity index (χ4n) is 3.27. The standard InChI is InChI=1S/C21H25N3O2/c1-15(23-20(25)14-19(22)17-6-3-2-4-7-17)16-9-11-18(12-10-16)24-13-5-8-21(24)26/h2-4,6-7,9-12,15,19H,5,8,13-14,22H2,1H3,(H,23,25). The number of nitrogens with two attached hydrogens (primary N) is 1. The molecule has 2 amide bonds. The maximum absolute atomic E-state index is 12.3. The van der Waals surface area contributed by atoms with Crippen LogP contribution in [0.15, 0.2) is 54.6 Å². The number of nitrogens with zero attached hydrogens (tertiary/aromatic N) is 1. The van der Waals surface area contributed by atoms with Gasteiger partial charge in [0.15, 0.2) is 0 Å². The molecule has 3 rings (SSSR count). The van der Waals surface area contributed by atoms with E-state index in [1.807, 2.05) is 66.4 Å². The first kappa shape index (κ1) is 18.1. The third-order valence-corrected chi connectivity index (χ3v) is 4.79. The van der Waals surface area contributed by atoms with Crippen LogP contribution in [0.25, 0.3) is 0 Å². The number of anilines is 1. The number of hydrogen-bond acceptors (Lipinski definition) is 3. The Hall–Kier alpha value is -2.66. The third kappa shape index (κ3) is 4.29. The van der Waals surface area contributed by atoms with Crippen LogP contribution in [0.2, 0.25) is 0 Å². The van der Waals surface area contributed by atoms with Crippen LogP contribution in [0.5, 0.6) is 0 Å². The lowest BCUT2D eigenvalue weighted by molar-refractivity contribution is -0.122. The SMILES string of the molecule is CC(NC(=O)CC(N)c1ccccc1)c1ccc(N2CCCC2=O)cc1. The predicted molar refractivity (Wildman–Crippen MR) is 103 cm³/mol. The van der Waals surface area contributed by atoms with Gasteiger partial charge in [-0.05, 0) is 36.6 Å². The van der Waals surface area contributed by atoms with Crippen molar-refractivity contribution < 1.29 is 9.59 Å². The second-order valence-corrected chi connectivity index (χ2v) is 6.75. The Morgan fingerprint density at radius 1 is 1.12 bits per heavy atom. The van der Waals surface area contributed by atoms with Crippen molar-refractivity contribution in [3.8, 4) is 0 Å². The second-order valence-electron chi connectivity index (χ2n) is 6.75. The number of amides is 2. The highest BCUT2D eigenvalue weighted by Crippen LogP contribution is 2.23. The zero-order valence-corrected chi connectivity index (χ0v) is 15.0. The van der Waals surface area contributed by atoms with Gasteiger partial charge in [0.2, 0.25) is 11.8 Å². The topological polar surface area (TPSA) is 75.4 Å². The molecule has 0 saturated carbocycles. The minimum Gasteiger partial charge on any atom is -0.350 e. The van der Waals surface area contributed by atoms with E-state index in [0.717, 1.165) is 29.8 Å². The summed E-state index contributed by atoms with van der Waals surface area (Å²) >= 11 is 0. The molecular weight excluding hydrogens is 326 g/mol. The number of nitrogens with one attached hydrogen (secondary N) is 1. The number of benzene rings is 2. The van der Waals surface area contributed by atoms with Crippen molar-refractivity contribution in [3.63, 3.8) is 0 Å². The van der Waals surface area contributed by atoms with Crippen molar-refractivity contribution in [3.05, 3.63) is 65.7 Å². The largest absolute Gasteiger partial charge is 0.350 e. The molecule has 3 N–H and O–H groups in total. The minimum atomic E-state index is -0.313. The zero-order valence-electron chi connectivity index (χ0n) is 15.0. The van der Waals surface area contributed by atoms with Crippen molar-refractivity contribution in [2.45, 2.75) is 38.3 Å². The van der Waals surface area contributed by atoms with Crippen LogP contribution in [0.1, 0.15) is 49.4 Å². The molecular formula is C21H25N3O2. The average Bonchev–Trinajstić information content (AvgIpc) is 3.08. The molecule has 0 spiro atoms. The fourth-order valence-corrected chi connectivity index (χ4v) is 3.27. The van der Waals surface area contributed by atoms with E-state index in [9.17, 15) is 9.59 Å². The Morgan fingerprint density at radius 3 is 2.42 bits per heavy atom. The first-order valence-electron chi connectivity index (χ1n) is 9.05. The summed E-state index contributed by atoms with van der Waals surface area (Å²) in [5, 5.41) is 3.00.